The van der Waals surface area contributed by atoms with Crippen LogP contribution >= 0.6 is 11.8 Å². The fourth-order valence-corrected chi connectivity index (χ4v) is 2.58. The Morgan fingerprint density at radius 1 is 1.22 bits per heavy atom. The first-order valence-corrected chi connectivity index (χ1v) is 8.59. The van der Waals surface area contributed by atoms with Crippen molar-refractivity contribution in [3.8, 4) is 0 Å². The van der Waals surface area contributed by atoms with Crippen molar-refractivity contribution in [3.05, 3.63) is 35.2 Å². The van der Waals surface area contributed by atoms with E-state index in [0.29, 0.717) is 28.8 Å². The number of nitrogens with one attached hydrogen (secondary N) is 1. The number of thioether (sulfide) groups is 1. The first-order valence-electron chi connectivity index (χ1n) is 7.20. The molecule has 7 heteroatoms. The number of carbonyl (C=O) groups is 2. The Labute approximate surface area is 138 Å². The second kappa shape index (κ2) is 7.41. The van der Waals surface area contributed by atoms with Crippen LogP contribution in [0, 0.1) is 13.8 Å². The third-order valence-electron chi connectivity index (χ3n) is 3.55. The van der Waals surface area contributed by atoms with Gasteiger partial charge < -0.3 is 10.4 Å². The Balaban J connectivity index is 2.23. The van der Waals surface area contributed by atoms with E-state index in [-0.39, 0.29) is 0 Å². The summed E-state index contributed by atoms with van der Waals surface area (Å²) in [4.78, 5) is 32.3. The maximum Gasteiger partial charge on any atom is 0.326 e. The number of nitrogens with zero attached hydrogens (tertiary/aromatic N) is 2. The van der Waals surface area contributed by atoms with Gasteiger partial charge >= 0.3 is 5.97 Å². The van der Waals surface area contributed by atoms with Crippen molar-refractivity contribution in [2.24, 2.45) is 0 Å². The quantitative estimate of drug-likeness (QED) is 0.842. The molecule has 0 aliphatic carbocycles. The number of fused-ring (bicyclic) bond motifs is 1. The van der Waals surface area contributed by atoms with Crippen molar-refractivity contribution < 1.29 is 14.7 Å². The average molecular weight is 333 g/mol. The SMILES string of the molecule is CSCCC(NC(=O)c1ccc2nc(C)c(C)nc2c1)C(=O)O. The lowest BCUT2D eigenvalue weighted by molar-refractivity contribution is -0.139. The number of benzene rings is 1. The predicted octanol–water partition coefficient (Wildman–Crippen LogP) is 2.18. The summed E-state index contributed by atoms with van der Waals surface area (Å²) in [5, 5.41) is 11.7. The molecule has 1 aromatic heterocycles. The second-order valence-corrected chi connectivity index (χ2v) is 6.23. The topological polar surface area (TPSA) is 92.2 Å². The molecule has 2 rings (SSSR count). The fraction of sp³-hybridized carbons (Fsp3) is 0.375. The molecule has 0 aliphatic rings. The first kappa shape index (κ1) is 17.2. The first-order chi connectivity index (χ1) is 10.9. The molecule has 0 spiro atoms. The van der Waals surface area contributed by atoms with Crippen LogP contribution in [0.25, 0.3) is 11.0 Å². The Bertz CT molecular complexity index is 749. The monoisotopic (exact) mass is 333 g/mol. The van der Waals surface area contributed by atoms with Gasteiger partial charge in [0.05, 0.1) is 22.4 Å². The predicted molar refractivity (Wildman–Crippen MR) is 90.9 cm³/mol. The van der Waals surface area contributed by atoms with Gasteiger partial charge in [0, 0.05) is 5.56 Å². The van der Waals surface area contributed by atoms with Gasteiger partial charge in [-0.1, -0.05) is 0 Å². The summed E-state index contributed by atoms with van der Waals surface area (Å²) in [6.45, 7) is 3.74. The summed E-state index contributed by atoms with van der Waals surface area (Å²) in [5.41, 5.74) is 3.36. The van der Waals surface area contributed by atoms with E-state index >= 15 is 0 Å². The van der Waals surface area contributed by atoms with Gasteiger partial charge in [-0.05, 0) is 50.5 Å². The van der Waals surface area contributed by atoms with Crippen LogP contribution in [0.15, 0.2) is 18.2 Å². The van der Waals surface area contributed by atoms with Crippen LogP contribution in [0.1, 0.15) is 28.2 Å². The minimum Gasteiger partial charge on any atom is -0.480 e. The molecule has 2 aromatic rings. The molecule has 1 amide bonds. The Morgan fingerprint density at radius 3 is 2.48 bits per heavy atom. The molecule has 0 radical (unpaired) electrons. The number of amides is 1. The van der Waals surface area contributed by atoms with Crippen LogP contribution in [0.2, 0.25) is 0 Å². The highest BCUT2D eigenvalue weighted by Gasteiger charge is 2.20. The average Bonchev–Trinajstić information content (AvgIpc) is 2.51. The van der Waals surface area contributed by atoms with Crippen molar-refractivity contribution in [2.75, 3.05) is 12.0 Å². The second-order valence-electron chi connectivity index (χ2n) is 5.24. The minimum atomic E-state index is -1.03. The minimum absolute atomic E-state index is 0.380. The number of carboxylic acid groups (broad SMARTS) is 1. The highest BCUT2D eigenvalue weighted by molar-refractivity contribution is 7.98. The molecule has 0 bridgehead atoms. The highest BCUT2D eigenvalue weighted by Crippen LogP contribution is 2.15. The summed E-state index contributed by atoms with van der Waals surface area (Å²) in [7, 11) is 0. The maximum atomic E-state index is 12.3. The van der Waals surface area contributed by atoms with Crippen molar-refractivity contribution in [1.82, 2.24) is 15.3 Å². The number of aliphatic carboxylic acids is 1. The molecule has 0 saturated carbocycles. The van der Waals surface area contributed by atoms with Gasteiger partial charge in [0.15, 0.2) is 0 Å². The van der Waals surface area contributed by atoms with Crippen LogP contribution < -0.4 is 5.32 Å². The molecule has 0 aliphatic heterocycles. The summed E-state index contributed by atoms with van der Waals surface area (Å²) in [6.07, 6.45) is 2.28. The van der Waals surface area contributed by atoms with Crippen LogP contribution in [-0.4, -0.2) is 45.0 Å². The molecular weight excluding hydrogens is 314 g/mol. The van der Waals surface area contributed by atoms with E-state index in [1.807, 2.05) is 20.1 Å². The molecule has 23 heavy (non-hydrogen) atoms. The molecule has 122 valence electrons. The molecule has 6 nitrogen and oxygen atoms in total. The van der Waals surface area contributed by atoms with E-state index in [9.17, 15) is 14.7 Å². The van der Waals surface area contributed by atoms with Gasteiger partial charge in [-0.3, -0.25) is 4.79 Å². The van der Waals surface area contributed by atoms with Gasteiger partial charge in [0.1, 0.15) is 6.04 Å². The van der Waals surface area contributed by atoms with E-state index in [0.717, 1.165) is 11.4 Å². The zero-order chi connectivity index (χ0) is 17.0. The van der Waals surface area contributed by atoms with Crippen molar-refractivity contribution in [3.63, 3.8) is 0 Å². The third kappa shape index (κ3) is 4.19. The zero-order valence-electron chi connectivity index (χ0n) is 13.3. The highest BCUT2D eigenvalue weighted by atomic mass is 32.2. The van der Waals surface area contributed by atoms with Gasteiger partial charge in [0.25, 0.3) is 5.91 Å². The molecule has 0 saturated heterocycles. The Kier molecular flexibility index (Phi) is 5.54. The smallest absolute Gasteiger partial charge is 0.326 e. The number of rotatable bonds is 6. The van der Waals surface area contributed by atoms with Gasteiger partial charge in [-0.25, -0.2) is 14.8 Å². The molecule has 1 heterocycles. The number of carboxylic acids is 1. The van der Waals surface area contributed by atoms with Crippen LogP contribution in [0.3, 0.4) is 0 Å². The van der Waals surface area contributed by atoms with Gasteiger partial charge in [-0.15, -0.1) is 0 Å². The fourth-order valence-electron chi connectivity index (χ4n) is 2.11. The lowest BCUT2D eigenvalue weighted by atomic mass is 10.1. The van der Waals surface area contributed by atoms with E-state index < -0.39 is 17.9 Å². The Morgan fingerprint density at radius 2 is 1.87 bits per heavy atom. The number of hydrogen-bond donors (Lipinski definition) is 2. The molecule has 0 fully saturated rings. The summed E-state index contributed by atoms with van der Waals surface area (Å²) < 4.78 is 0. The van der Waals surface area contributed by atoms with Crippen molar-refractivity contribution >= 4 is 34.7 Å². The van der Waals surface area contributed by atoms with Crippen LogP contribution in [0.4, 0.5) is 0 Å². The lowest BCUT2D eigenvalue weighted by Gasteiger charge is -2.14. The van der Waals surface area contributed by atoms with Crippen molar-refractivity contribution in [2.45, 2.75) is 26.3 Å². The largest absolute Gasteiger partial charge is 0.480 e. The molecular formula is C16H19N3O3S. The standard InChI is InChI=1S/C16H19N3O3S/c1-9-10(2)18-14-8-11(4-5-12(14)17-9)15(20)19-13(16(21)22)6-7-23-3/h4-5,8,13H,6-7H2,1-3H3,(H,19,20)(H,21,22). The van der Waals surface area contributed by atoms with Crippen molar-refractivity contribution in [1.29, 1.82) is 0 Å². The van der Waals surface area contributed by atoms with Gasteiger partial charge in [-0.2, -0.15) is 11.8 Å². The van der Waals surface area contributed by atoms with E-state index in [2.05, 4.69) is 15.3 Å². The summed E-state index contributed by atoms with van der Waals surface area (Å²) >= 11 is 1.54. The van der Waals surface area contributed by atoms with E-state index in [1.54, 1.807) is 30.0 Å². The third-order valence-corrected chi connectivity index (χ3v) is 4.20. The normalized spacial score (nSPS) is 12.1. The maximum absolute atomic E-state index is 12.3. The zero-order valence-corrected chi connectivity index (χ0v) is 14.1. The number of hydrogen-bond acceptors (Lipinski definition) is 5. The molecule has 1 aromatic carbocycles. The number of aryl methyl sites for hydroxylation is 2. The summed E-state index contributed by atoms with van der Waals surface area (Å²) in [6, 6.07) is 4.10. The van der Waals surface area contributed by atoms with Crippen LogP contribution in [0.5, 0.6) is 0 Å². The molecule has 1 atom stereocenters. The molecule has 1 unspecified atom stereocenters. The van der Waals surface area contributed by atoms with E-state index in [1.165, 1.54) is 0 Å². The van der Waals surface area contributed by atoms with Crippen LogP contribution in [-0.2, 0) is 4.79 Å². The number of aromatic nitrogens is 2. The number of carbonyl (C=O) groups excluding carboxylic acids is 1. The molecule has 2 N–H and O–H groups in total. The summed E-state index contributed by atoms with van der Waals surface area (Å²) in [5.74, 6) is -0.779. The van der Waals surface area contributed by atoms with Gasteiger partial charge in [0.2, 0.25) is 0 Å². The Hall–Kier alpha value is -2.15. The van der Waals surface area contributed by atoms with E-state index in [4.69, 9.17) is 0 Å². The lowest BCUT2D eigenvalue weighted by Crippen LogP contribution is -2.41.